The smallest absolute Gasteiger partial charge is 0.193 e. The zero-order chi connectivity index (χ0) is 14.1. The molecule has 1 nitrogen and oxygen atoms in total. The summed E-state index contributed by atoms with van der Waals surface area (Å²) in [5.74, 6) is -0.391. The van der Waals surface area contributed by atoms with E-state index < -0.39 is 0 Å². The van der Waals surface area contributed by atoms with Crippen LogP contribution in [0.1, 0.15) is 15.9 Å². The largest absolute Gasteiger partial charge is 0.289 e. The molecule has 0 aromatic heterocycles. The van der Waals surface area contributed by atoms with E-state index in [4.69, 9.17) is 0 Å². The highest BCUT2D eigenvalue weighted by Gasteiger charge is 2.14. The van der Waals surface area contributed by atoms with E-state index in [-0.39, 0.29) is 11.6 Å². The SMILES string of the molecule is O=C(c1ccc(I)cc1)c1ccc(F)c2ccccc12. The van der Waals surface area contributed by atoms with Gasteiger partial charge in [0.25, 0.3) is 0 Å². The van der Waals surface area contributed by atoms with Crippen LogP contribution in [0, 0.1) is 9.39 Å². The fourth-order valence-electron chi connectivity index (χ4n) is 2.22. The molecule has 3 rings (SSSR count). The maximum absolute atomic E-state index is 13.8. The number of fused-ring (bicyclic) bond motifs is 1. The van der Waals surface area contributed by atoms with Crippen molar-refractivity contribution in [3.8, 4) is 0 Å². The van der Waals surface area contributed by atoms with Gasteiger partial charge in [0.2, 0.25) is 0 Å². The molecule has 3 aromatic rings. The van der Waals surface area contributed by atoms with E-state index in [0.29, 0.717) is 21.9 Å². The molecular formula is C17H10FIO. The van der Waals surface area contributed by atoms with Crippen LogP contribution in [0.15, 0.2) is 60.7 Å². The van der Waals surface area contributed by atoms with E-state index in [2.05, 4.69) is 22.6 Å². The van der Waals surface area contributed by atoms with Crippen molar-refractivity contribution in [1.29, 1.82) is 0 Å². The molecule has 0 unspecified atom stereocenters. The lowest BCUT2D eigenvalue weighted by Gasteiger charge is -2.07. The van der Waals surface area contributed by atoms with Crippen molar-refractivity contribution in [2.75, 3.05) is 0 Å². The third-order valence-electron chi connectivity index (χ3n) is 3.22. The molecular weight excluding hydrogens is 366 g/mol. The Kier molecular flexibility index (Phi) is 3.53. The van der Waals surface area contributed by atoms with Crippen LogP contribution in [-0.2, 0) is 0 Å². The van der Waals surface area contributed by atoms with Crippen LogP contribution in [0.3, 0.4) is 0 Å². The Hall–Kier alpha value is -1.75. The Morgan fingerprint density at radius 2 is 1.50 bits per heavy atom. The first-order chi connectivity index (χ1) is 9.66. The molecule has 0 heterocycles. The fourth-order valence-corrected chi connectivity index (χ4v) is 2.58. The first-order valence-electron chi connectivity index (χ1n) is 6.14. The molecule has 0 aliphatic heterocycles. The van der Waals surface area contributed by atoms with Gasteiger partial charge in [0.1, 0.15) is 5.82 Å². The molecule has 0 aliphatic rings. The number of rotatable bonds is 2. The topological polar surface area (TPSA) is 17.1 Å². The van der Waals surface area contributed by atoms with Crippen molar-refractivity contribution in [1.82, 2.24) is 0 Å². The van der Waals surface area contributed by atoms with Gasteiger partial charge in [0, 0.05) is 20.1 Å². The molecule has 20 heavy (non-hydrogen) atoms. The molecule has 0 radical (unpaired) electrons. The highest BCUT2D eigenvalue weighted by molar-refractivity contribution is 14.1. The summed E-state index contributed by atoms with van der Waals surface area (Å²) in [5, 5.41) is 1.12. The maximum atomic E-state index is 13.8. The van der Waals surface area contributed by atoms with Crippen molar-refractivity contribution in [2.45, 2.75) is 0 Å². The molecule has 0 atom stereocenters. The third-order valence-corrected chi connectivity index (χ3v) is 3.94. The monoisotopic (exact) mass is 376 g/mol. The predicted molar refractivity (Wildman–Crippen MR) is 86.5 cm³/mol. The highest BCUT2D eigenvalue weighted by Crippen LogP contribution is 2.24. The number of benzene rings is 3. The Morgan fingerprint density at radius 3 is 2.20 bits per heavy atom. The van der Waals surface area contributed by atoms with Gasteiger partial charge < -0.3 is 0 Å². The summed E-state index contributed by atoms with van der Waals surface area (Å²) in [7, 11) is 0. The van der Waals surface area contributed by atoms with Gasteiger partial charge in [0.05, 0.1) is 0 Å². The lowest BCUT2D eigenvalue weighted by Crippen LogP contribution is -2.02. The standard InChI is InChI=1S/C17H10FIO/c18-16-10-9-15(13-3-1-2-4-14(13)16)17(20)11-5-7-12(19)8-6-11/h1-10H. The van der Waals surface area contributed by atoms with Crippen LogP contribution in [0.25, 0.3) is 10.8 Å². The molecule has 0 saturated carbocycles. The Balaban J connectivity index is 2.17. The van der Waals surface area contributed by atoms with E-state index in [0.717, 1.165) is 3.57 Å². The summed E-state index contributed by atoms with van der Waals surface area (Å²) in [6, 6.07) is 17.3. The second-order valence-corrected chi connectivity index (χ2v) is 5.72. The van der Waals surface area contributed by atoms with Crippen LogP contribution >= 0.6 is 22.6 Å². The number of halogens is 2. The molecule has 3 aromatic carbocycles. The molecule has 0 spiro atoms. The van der Waals surface area contributed by atoms with Crippen molar-refractivity contribution < 1.29 is 9.18 Å². The number of carbonyl (C=O) groups is 1. The van der Waals surface area contributed by atoms with E-state index in [1.54, 1.807) is 36.4 Å². The van der Waals surface area contributed by atoms with Gasteiger partial charge in [-0.25, -0.2) is 4.39 Å². The molecule has 0 N–H and O–H groups in total. The summed E-state index contributed by atoms with van der Waals surface area (Å²) < 4.78 is 14.8. The molecule has 98 valence electrons. The number of hydrogen-bond acceptors (Lipinski definition) is 1. The summed E-state index contributed by atoms with van der Waals surface area (Å²) >= 11 is 2.19. The average molecular weight is 376 g/mol. The van der Waals surface area contributed by atoms with Gasteiger partial charge in [-0.05, 0) is 64.4 Å². The first-order valence-corrected chi connectivity index (χ1v) is 7.22. The van der Waals surface area contributed by atoms with Gasteiger partial charge >= 0.3 is 0 Å². The van der Waals surface area contributed by atoms with Crippen molar-refractivity contribution >= 4 is 39.1 Å². The summed E-state index contributed by atoms with van der Waals surface area (Å²) in [5.41, 5.74) is 1.14. The Morgan fingerprint density at radius 1 is 0.850 bits per heavy atom. The summed E-state index contributed by atoms with van der Waals surface area (Å²) in [6.07, 6.45) is 0. The van der Waals surface area contributed by atoms with Gasteiger partial charge in [0.15, 0.2) is 5.78 Å². The minimum Gasteiger partial charge on any atom is -0.289 e. The predicted octanol–water partition coefficient (Wildman–Crippen LogP) is 4.81. The first kappa shape index (κ1) is 13.2. The van der Waals surface area contributed by atoms with Gasteiger partial charge in [-0.1, -0.05) is 24.3 Å². The van der Waals surface area contributed by atoms with Crippen molar-refractivity contribution in [3.05, 3.63) is 81.2 Å². The van der Waals surface area contributed by atoms with Crippen LogP contribution in [0.4, 0.5) is 4.39 Å². The summed E-state index contributed by atoms with van der Waals surface area (Å²) in [4.78, 5) is 12.6. The van der Waals surface area contributed by atoms with E-state index >= 15 is 0 Å². The Bertz CT molecular complexity index is 794. The normalized spacial score (nSPS) is 10.7. The van der Waals surface area contributed by atoms with E-state index in [1.807, 2.05) is 18.2 Å². The number of carbonyl (C=O) groups excluding carboxylic acids is 1. The lowest BCUT2D eigenvalue weighted by atomic mass is 9.97. The second-order valence-electron chi connectivity index (χ2n) is 4.48. The maximum Gasteiger partial charge on any atom is 0.193 e. The Labute approximate surface area is 129 Å². The average Bonchev–Trinajstić information content (AvgIpc) is 2.48. The van der Waals surface area contributed by atoms with Crippen LogP contribution in [0.5, 0.6) is 0 Å². The van der Waals surface area contributed by atoms with Gasteiger partial charge in [-0.15, -0.1) is 0 Å². The van der Waals surface area contributed by atoms with Gasteiger partial charge in [-0.2, -0.15) is 0 Å². The highest BCUT2D eigenvalue weighted by atomic mass is 127. The fraction of sp³-hybridized carbons (Fsp3) is 0. The van der Waals surface area contributed by atoms with Crippen LogP contribution in [-0.4, -0.2) is 5.78 Å². The number of ketones is 1. The molecule has 0 amide bonds. The second kappa shape index (κ2) is 5.32. The minimum atomic E-state index is -0.306. The van der Waals surface area contributed by atoms with Crippen molar-refractivity contribution in [3.63, 3.8) is 0 Å². The number of hydrogen-bond donors (Lipinski definition) is 0. The van der Waals surface area contributed by atoms with Crippen LogP contribution in [0.2, 0.25) is 0 Å². The molecule has 0 fully saturated rings. The molecule has 3 heteroatoms. The van der Waals surface area contributed by atoms with Gasteiger partial charge in [-0.3, -0.25) is 4.79 Å². The minimum absolute atomic E-state index is 0.0856. The summed E-state index contributed by atoms with van der Waals surface area (Å²) in [6.45, 7) is 0. The lowest BCUT2D eigenvalue weighted by molar-refractivity contribution is 0.104. The van der Waals surface area contributed by atoms with Crippen LogP contribution < -0.4 is 0 Å². The quantitative estimate of drug-likeness (QED) is 0.463. The zero-order valence-corrected chi connectivity index (χ0v) is 12.6. The zero-order valence-electron chi connectivity index (χ0n) is 10.4. The molecule has 0 saturated heterocycles. The third kappa shape index (κ3) is 2.33. The van der Waals surface area contributed by atoms with E-state index in [9.17, 15) is 9.18 Å². The van der Waals surface area contributed by atoms with E-state index in [1.165, 1.54) is 6.07 Å². The van der Waals surface area contributed by atoms with Crippen molar-refractivity contribution in [2.24, 2.45) is 0 Å². The molecule has 0 aliphatic carbocycles. The molecule has 0 bridgehead atoms.